The maximum Gasteiger partial charge on any atom is 0.119 e. The molecule has 2 aromatic carbocycles. The van der Waals surface area contributed by atoms with Gasteiger partial charge in [0, 0.05) is 24.0 Å². The van der Waals surface area contributed by atoms with Crippen molar-refractivity contribution in [2.45, 2.75) is 0 Å². The van der Waals surface area contributed by atoms with Crippen molar-refractivity contribution in [1.82, 2.24) is 4.90 Å². The zero-order chi connectivity index (χ0) is 14.4. The number of likely N-dealkylation sites (N-methyl/N-ethyl adjacent to an activating group) is 1. The maximum absolute atomic E-state index is 9.41. The molecule has 0 atom stereocenters. The highest BCUT2D eigenvalue weighted by atomic mass is 16.5. The number of hydrogen-bond donors (Lipinski definition) is 2. The predicted molar refractivity (Wildman–Crippen MR) is 81.9 cm³/mol. The quantitative estimate of drug-likeness (QED) is 0.848. The van der Waals surface area contributed by atoms with Gasteiger partial charge in [-0.1, -0.05) is 6.07 Å². The summed E-state index contributed by atoms with van der Waals surface area (Å²) in [6.07, 6.45) is 0. The molecule has 2 N–H and O–H groups in total. The van der Waals surface area contributed by atoms with Crippen LogP contribution < -0.4 is 10.1 Å². The fourth-order valence-electron chi connectivity index (χ4n) is 1.73. The molecule has 0 aliphatic heterocycles. The fourth-order valence-corrected chi connectivity index (χ4v) is 1.73. The molecule has 0 saturated carbocycles. The van der Waals surface area contributed by atoms with Gasteiger partial charge in [-0.25, -0.2) is 0 Å². The summed E-state index contributed by atoms with van der Waals surface area (Å²) in [4.78, 5) is 2.08. The smallest absolute Gasteiger partial charge is 0.119 e. The zero-order valence-corrected chi connectivity index (χ0v) is 11.8. The van der Waals surface area contributed by atoms with Crippen LogP contribution in [0.25, 0.3) is 0 Å². The Morgan fingerprint density at radius 2 is 1.80 bits per heavy atom. The molecular formula is C16H20N2O2. The minimum Gasteiger partial charge on any atom is -0.508 e. The van der Waals surface area contributed by atoms with E-state index in [-0.39, 0.29) is 5.75 Å². The Hall–Kier alpha value is -2.20. The third-order valence-electron chi connectivity index (χ3n) is 2.80. The fraction of sp³-hybridized carbons (Fsp3) is 0.250. The van der Waals surface area contributed by atoms with Crippen LogP contribution in [0.2, 0.25) is 0 Å². The molecule has 0 saturated heterocycles. The first-order valence-corrected chi connectivity index (χ1v) is 6.57. The summed E-state index contributed by atoms with van der Waals surface area (Å²) in [6, 6.07) is 14.8. The molecule has 0 aliphatic carbocycles. The van der Waals surface area contributed by atoms with E-state index in [1.165, 1.54) is 0 Å². The maximum atomic E-state index is 9.41. The van der Waals surface area contributed by atoms with E-state index >= 15 is 0 Å². The van der Waals surface area contributed by atoms with E-state index in [4.69, 9.17) is 4.74 Å². The molecule has 20 heavy (non-hydrogen) atoms. The van der Waals surface area contributed by atoms with Gasteiger partial charge in [0.25, 0.3) is 0 Å². The number of ether oxygens (including phenoxy) is 1. The number of phenols is 1. The number of benzene rings is 2. The Labute approximate surface area is 119 Å². The lowest BCUT2D eigenvalue weighted by molar-refractivity contribution is 0.261. The molecule has 2 aromatic rings. The van der Waals surface area contributed by atoms with Gasteiger partial charge in [-0.15, -0.1) is 0 Å². The van der Waals surface area contributed by atoms with Crippen molar-refractivity contribution in [3.05, 3.63) is 48.5 Å². The number of aromatic hydroxyl groups is 1. The summed E-state index contributed by atoms with van der Waals surface area (Å²) in [6.45, 7) is 1.57. The van der Waals surface area contributed by atoms with Crippen molar-refractivity contribution in [3.8, 4) is 11.5 Å². The number of phenolic OH excluding ortho intramolecular Hbond substituents is 1. The Bertz CT molecular complexity index is 538. The lowest BCUT2D eigenvalue weighted by atomic mass is 10.2. The molecule has 4 heteroatoms. The van der Waals surface area contributed by atoms with Crippen molar-refractivity contribution >= 4 is 11.4 Å². The van der Waals surface area contributed by atoms with Crippen LogP contribution in [-0.4, -0.2) is 37.3 Å². The third kappa shape index (κ3) is 4.48. The van der Waals surface area contributed by atoms with Gasteiger partial charge in [0.05, 0.1) is 0 Å². The summed E-state index contributed by atoms with van der Waals surface area (Å²) in [5.74, 6) is 1.10. The third-order valence-corrected chi connectivity index (χ3v) is 2.80. The molecule has 0 aliphatic rings. The van der Waals surface area contributed by atoms with Crippen LogP contribution >= 0.6 is 0 Å². The normalized spacial score (nSPS) is 10.6. The molecule has 0 spiro atoms. The second-order valence-electron chi connectivity index (χ2n) is 4.85. The van der Waals surface area contributed by atoms with Crippen LogP contribution in [0.15, 0.2) is 48.5 Å². The average molecular weight is 272 g/mol. The highest BCUT2D eigenvalue weighted by Gasteiger charge is 1.98. The van der Waals surface area contributed by atoms with E-state index < -0.39 is 0 Å². The molecular weight excluding hydrogens is 252 g/mol. The minimum atomic E-state index is 0.249. The number of rotatable bonds is 6. The lowest BCUT2D eigenvalue weighted by Gasteiger charge is -2.12. The predicted octanol–water partition coefficient (Wildman–Crippen LogP) is 3.08. The largest absolute Gasteiger partial charge is 0.508 e. The average Bonchev–Trinajstić information content (AvgIpc) is 2.40. The number of anilines is 2. The summed E-state index contributed by atoms with van der Waals surface area (Å²) >= 11 is 0. The highest BCUT2D eigenvalue weighted by Crippen LogP contribution is 2.22. The van der Waals surface area contributed by atoms with Crippen molar-refractivity contribution in [3.63, 3.8) is 0 Å². The molecule has 0 fully saturated rings. The van der Waals surface area contributed by atoms with Crippen LogP contribution in [0.5, 0.6) is 11.5 Å². The van der Waals surface area contributed by atoms with Crippen molar-refractivity contribution < 1.29 is 9.84 Å². The first kappa shape index (κ1) is 14.2. The van der Waals surface area contributed by atoms with Gasteiger partial charge in [0.2, 0.25) is 0 Å². The molecule has 0 aromatic heterocycles. The van der Waals surface area contributed by atoms with Crippen molar-refractivity contribution in [1.29, 1.82) is 0 Å². The molecule has 2 rings (SSSR count). The second kappa shape index (κ2) is 6.82. The summed E-state index contributed by atoms with van der Waals surface area (Å²) < 4.78 is 5.63. The van der Waals surface area contributed by atoms with Gasteiger partial charge in [-0.3, -0.25) is 0 Å². The van der Waals surface area contributed by atoms with Gasteiger partial charge < -0.3 is 20.1 Å². The highest BCUT2D eigenvalue weighted by molar-refractivity contribution is 5.61. The number of nitrogens with zero attached hydrogens (tertiary/aromatic N) is 1. The van der Waals surface area contributed by atoms with E-state index in [0.717, 1.165) is 23.7 Å². The Balaban J connectivity index is 1.91. The molecule has 0 unspecified atom stereocenters. The lowest BCUT2D eigenvalue weighted by Crippen LogP contribution is -2.19. The molecule has 106 valence electrons. The standard InChI is InChI=1S/C16H20N2O2/c1-18(2)10-11-20-16-8-6-13(7-9-16)17-14-4-3-5-15(19)12-14/h3-9,12,17,19H,10-11H2,1-2H3. The second-order valence-corrected chi connectivity index (χ2v) is 4.85. The van der Waals surface area contributed by atoms with E-state index in [2.05, 4.69) is 10.2 Å². The van der Waals surface area contributed by atoms with E-state index in [9.17, 15) is 5.11 Å². The topological polar surface area (TPSA) is 44.7 Å². The van der Waals surface area contributed by atoms with Gasteiger partial charge >= 0.3 is 0 Å². The molecule has 0 radical (unpaired) electrons. The van der Waals surface area contributed by atoms with E-state index in [1.54, 1.807) is 18.2 Å². The minimum absolute atomic E-state index is 0.249. The van der Waals surface area contributed by atoms with Crippen molar-refractivity contribution in [2.24, 2.45) is 0 Å². The van der Waals surface area contributed by atoms with Gasteiger partial charge in [0.1, 0.15) is 18.1 Å². The van der Waals surface area contributed by atoms with Crippen LogP contribution in [0.1, 0.15) is 0 Å². The van der Waals surface area contributed by atoms with Crippen LogP contribution in [0, 0.1) is 0 Å². The summed E-state index contributed by atoms with van der Waals surface area (Å²) in [5, 5.41) is 12.6. The zero-order valence-electron chi connectivity index (χ0n) is 11.8. The molecule has 4 nitrogen and oxygen atoms in total. The summed E-state index contributed by atoms with van der Waals surface area (Å²) in [5.41, 5.74) is 1.81. The SMILES string of the molecule is CN(C)CCOc1ccc(Nc2cccc(O)c2)cc1. The molecule has 0 heterocycles. The van der Waals surface area contributed by atoms with Crippen LogP contribution in [-0.2, 0) is 0 Å². The van der Waals surface area contributed by atoms with E-state index in [1.807, 2.05) is 44.4 Å². The first-order chi connectivity index (χ1) is 9.63. The van der Waals surface area contributed by atoms with Crippen molar-refractivity contribution in [2.75, 3.05) is 32.6 Å². The monoisotopic (exact) mass is 272 g/mol. The first-order valence-electron chi connectivity index (χ1n) is 6.57. The number of nitrogens with one attached hydrogen (secondary N) is 1. The van der Waals surface area contributed by atoms with Crippen LogP contribution in [0.4, 0.5) is 11.4 Å². The summed E-state index contributed by atoms with van der Waals surface area (Å²) in [7, 11) is 4.04. The van der Waals surface area contributed by atoms with E-state index in [0.29, 0.717) is 6.61 Å². The Morgan fingerprint density at radius 1 is 1.05 bits per heavy atom. The van der Waals surface area contributed by atoms with Crippen LogP contribution in [0.3, 0.4) is 0 Å². The van der Waals surface area contributed by atoms with Gasteiger partial charge in [-0.2, -0.15) is 0 Å². The molecule has 0 bridgehead atoms. The Kier molecular flexibility index (Phi) is 4.85. The van der Waals surface area contributed by atoms with Gasteiger partial charge in [0.15, 0.2) is 0 Å². The number of hydrogen-bond acceptors (Lipinski definition) is 4. The molecule has 0 amide bonds. The Morgan fingerprint density at radius 3 is 2.45 bits per heavy atom. The van der Waals surface area contributed by atoms with Gasteiger partial charge in [-0.05, 0) is 50.5 Å².